The van der Waals surface area contributed by atoms with Gasteiger partial charge in [0.25, 0.3) is 0 Å². The molecular weight excluding hydrogens is 350 g/mol. The van der Waals surface area contributed by atoms with E-state index in [0.717, 1.165) is 42.0 Å². The van der Waals surface area contributed by atoms with Crippen molar-refractivity contribution in [1.29, 1.82) is 0 Å². The molecule has 28 heavy (non-hydrogen) atoms. The second-order valence-corrected chi connectivity index (χ2v) is 6.97. The van der Waals surface area contributed by atoms with Crippen molar-refractivity contribution in [3.05, 3.63) is 78.5 Å². The topological polar surface area (TPSA) is 63.2 Å². The van der Waals surface area contributed by atoms with Gasteiger partial charge in [0, 0.05) is 11.6 Å². The molecule has 5 heteroatoms. The van der Waals surface area contributed by atoms with Gasteiger partial charge in [-0.25, -0.2) is 4.98 Å². The highest BCUT2D eigenvalue weighted by Gasteiger charge is 2.25. The largest absolute Gasteiger partial charge is 0.489 e. The van der Waals surface area contributed by atoms with Crippen LogP contribution in [0, 0.1) is 5.92 Å². The highest BCUT2D eigenvalue weighted by molar-refractivity contribution is 5.92. The number of aromatic nitrogens is 1. The number of carbonyl (C=O) groups excluding carboxylic acids is 1. The third kappa shape index (κ3) is 4.68. The number of anilines is 3. The Kier molecular flexibility index (Phi) is 5.52. The number of ether oxygens (including phenoxy) is 1. The van der Waals surface area contributed by atoms with Crippen molar-refractivity contribution < 1.29 is 9.53 Å². The van der Waals surface area contributed by atoms with E-state index in [9.17, 15) is 4.79 Å². The van der Waals surface area contributed by atoms with E-state index in [1.54, 1.807) is 6.20 Å². The third-order valence-corrected chi connectivity index (χ3v) is 4.88. The molecule has 3 aromatic rings. The Morgan fingerprint density at radius 1 is 0.964 bits per heavy atom. The molecule has 1 heterocycles. The van der Waals surface area contributed by atoms with E-state index in [1.165, 1.54) is 0 Å². The first-order valence-electron chi connectivity index (χ1n) is 9.57. The smallest absolute Gasteiger partial charge is 0.228 e. The highest BCUT2D eigenvalue weighted by atomic mass is 16.5. The molecule has 0 spiro atoms. The predicted octanol–water partition coefficient (Wildman–Crippen LogP) is 5.14. The van der Waals surface area contributed by atoms with Crippen molar-refractivity contribution in [3.8, 4) is 5.75 Å². The number of rotatable bonds is 7. The zero-order chi connectivity index (χ0) is 19.2. The Balaban J connectivity index is 1.29. The lowest BCUT2D eigenvalue weighted by atomic mass is 9.85. The summed E-state index contributed by atoms with van der Waals surface area (Å²) in [7, 11) is 0. The van der Waals surface area contributed by atoms with Gasteiger partial charge in [0.05, 0.1) is 11.9 Å². The van der Waals surface area contributed by atoms with E-state index < -0.39 is 0 Å². The molecule has 4 rings (SSSR count). The molecule has 5 nitrogen and oxygen atoms in total. The fraction of sp³-hybridized carbons (Fsp3) is 0.217. The first-order chi connectivity index (χ1) is 13.8. The number of benzene rings is 2. The van der Waals surface area contributed by atoms with Crippen molar-refractivity contribution in [3.63, 3.8) is 0 Å². The molecule has 0 unspecified atom stereocenters. The van der Waals surface area contributed by atoms with Gasteiger partial charge in [-0.1, -0.05) is 36.8 Å². The average molecular weight is 373 g/mol. The monoisotopic (exact) mass is 373 g/mol. The molecule has 1 fully saturated rings. The molecule has 142 valence electrons. The Bertz CT molecular complexity index is 905. The summed E-state index contributed by atoms with van der Waals surface area (Å²) in [5.74, 6) is 1.64. The summed E-state index contributed by atoms with van der Waals surface area (Å²) in [4.78, 5) is 16.3. The van der Waals surface area contributed by atoms with E-state index in [-0.39, 0.29) is 11.8 Å². The number of nitrogens with zero attached hydrogens (tertiary/aromatic N) is 1. The molecule has 2 N–H and O–H groups in total. The van der Waals surface area contributed by atoms with Crippen LogP contribution in [-0.2, 0) is 11.4 Å². The van der Waals surface area contributed by atoms with Gasteiger partial charge in [0.1, 0.15) is 18.2 Å². The molecule has 2 aromatic carbocycles. The molecule has 0 saturated heterocycles. The van der Waals surface area contributed by atoms with E-state index in [2.05, 4.69) is 15.6 Å². The maximum absolute atomic E-state index is 12.0. The number of hydrogen-bond acceptors (Lipinski definition) is 4. The number of hydrogen-bond donors (Lipinski definition) is 2. The maximum Gasteiger partial charge on any atom is 0.228 e. The second kappa shape index (κ2) is 8.57. The van der Waals surface area contributed by atoms with Gasteiger partial charge in [0.15, 0.2) is 0 Å². The Labute approximate surface area is 164 Å². The number of amides is 1. The van der Waals surface area contributed by atoms with Gasteiger partial charge < -0.3 is 15.4 Å². The summed E-state index contributed by atoms with van der Waals surface area (Å²) in [6.45, 7) is 0.547. The molecule has 1 amide bonds. The van der Waals surface area contributed by atoms with Crippen LogP contribution in [0.1, 0.15) is 24.8 Å². The van der Waals surface area contributed by atoms with Crippen molar-refractivity contribution in [2.45, 2.75) is 25.9 Å². The van der Waals surface area contributed by atoms with Gasteiger partial charge in [-0.05, 0) is 54.8 Å². The second-order valence-electron chi connectivity index (χ2n) is 6.97. The summed E-state index contributed by atoms with van der Waals surface area (Å²) >= 11 is 0. The average Bonchev–Trinajstić information content (AvgIpc) is 2.68. The normalized spacial score (nSPS) is 13.4. The van der Waals surface area contributed by atoms with Crippen LogP contribution in [0.5, 0.6) is 5.75 Å². The van der Waals surface area contributed by atoms with Crippen LogP contribution in [0.4, 0.5) is 17.2 Å². The molecule has 0 radical (unpaired) electrons. The van der Waals surface area contributed by atoms with E-state index >= 15 is 0 Å². The van der Waals surface area contributed by atoms with Gasteiger partial charge >= 0.3 is 0 Å². The van der Waals surface area contributed by atoms with Crippen LogP contribution < -0.4 is 15.4 Å². The van der Waals surface area contributed by atoms with E-state index in [4.69, 9.17) is 4.74 Å². The van der Waals surface area contributed by atoms with Gasteiger partial charge in [0.2, 0.25) is 5.91 Å². The van der Waals surface area contributed by atoms with E-state index in [1.807, 2.05) is 66.7 Å². The molecule has 1 saturated carbocycles. The van der Waals surface area contributed by atoms with Gasteiger partial charge in [-0.3, -0.25) is 4.79 Å². The zero-order valence-corrected chi connectivity index (χ0v) is 15.6. The lowest BCUT2D eigenvalue weighted by Gasteiger charge is -2.23. The molecular formula is C23H23N3O2. The minimum atomic E-state index is 0.0746. The molecule has 1 aliphatic rings. The van der Waals surface area contributed by atoms with Crippen LogP contribution in [0.25, 0.3) is 0 Å². The van der Waals surface area contributed by atoms with E-state index in [0.29, 0.717) is 12.4 Å². The fourth-order valence-corrected chi connectivity index (χ4v) is 2.98. The van der Waals surface area contributed by atoms with Gasteiger partial charge in [-0.15, -0.1) is 0 Å². The summed E-state index contributed by atoms with van der Waals surface area (Å²) < 4.78 is 5.80. The van der Waals surface area contributed by atoms with Crippen molar-refractivity contribution >= 4 is 23.1 Å². The number of carbonyl (C=O) groups is 1. The highest BCUT2D eigenvalue weighted by Crippen LogP contribution is 2.27. The summed E-state index contributed by atoms with van der Waals surface area (Å²) in [5.41, 5.74) is 2.94. The lowest BCUT2D eigenvalue weighted by molar-refractivity contribution is -0.122. The number of pyridine rings is 1. The Morgan fingerprint density at radius 3 is 2.36 bits per heavy atom. The standard InChI is InChI=1S/C23H23N3O2/c27-23(18-7-4-8-18)26-22-14-11-20(15-24-22)25-19-9-12-21(13-10-19)28-16-17-5-2-1-3-6-17/h1-3,5-6,9-15,18,25H,4,7-8,16H2,(H,24,26,27). The maximum atomic E-state index is 12.0. The predicted molar refractivity (Wildman–Crippen MR) is 111 cm³/mol. The molecule has 1 aliphatic carbocycles. The minimum absolute atomic E-state index is 0.0746. The van der Waals surface area contributed by atoms with Crippen LogP contribution in [-0.4, -0.2) is 10.9 Å². The Hall–Kier alpha value is -3.34. The first kappa shape index (κ1) is 18.0. The summed E-state index contributed by atoms with van der Waals surface area (Å²) in [5, 5.41) is 6.18. The molecule has 0 aliphatic heterocycles. The van der Waals surface area contributed by atoms with Crippen molar-refractivity contribution in [2.75, 3.05) is 10.6 Å². The molecule has 1 aromatic heterocycles. The minimum Gasteiger partial charge on any atom is -0.489 e. The van der Waals surface area contributed by atoms with Crippen LogP contribution in [0.3, 0.4) is 0 Å². The van der Waals surface area contributed by atoms with Crippen molar-refractivity contribution in [2.24, 2.45) is 5.92 Å². The zero-order valence-electron chi connectivity index (χ0n) is 15.6. The van der Waals surface area contributed by atoms with Crippen LogP contribution in [0.2, 0.25) is 0 Å². The lowest BCUT2D eigenvalue weighted by Crippen LogP contribution is -2.28. The van der Waals surface area contributed by atoms with Crippen LogP contribution >= 0.6 is 0 Å². The Morgan fingerprint density at radius 2 is 1.71 bits per heavy atom. The number of nitrogens with one attached hydrogen (secondary N) is 2. The molecule has 0 bridgehead atoms. The fourth-order valence-electron chi connectivity index (χ4n) is 2.98. The SMILES string of the molecule is O=C(Nc1ccc(Nc2ccc(OCc3ccccc3)cc2)cn1)C1CCC1. The quantitative estimate of drug-likeness (QED) is 0.602. The van der Waals surface area contributed by atoms with Crippen LogP contribution in [0.15, 0.2) is 72.9 Å². The summed E-state index contributed by atoms with van der Waals surface area (Å²) in [6, 6.07) is 21.6. The van der Waals surface area contributed by atoms with Crippen molar-refractivity contribution in [1.82, 2.24) is 4.98 Å². The third-order valence-electron chi connectivity index (χ3n) is 4.88. The summed E-state index contributed by atoms with van der Waals surface area (Å²) in [6.07, 6.45) is 4.83. The first-order valence-corrected chi connectivity index (χ1v) is 9.57. The molecule has 0 atom stereocenters. The van der Waals surface area contributed by atoms with Gasteiger partial charge in [-0.2, -0.15) is 0 Å².